The van der Waals surface area contributed by atoms with Crippen LogP contribution in [0.1, 0.15) is 0 Å². The van der Waals surface area contributed by atoms with Gasteiger partial charge < -0.3 is 4.90 Å². The summed E-state index contributed by atoms with van der Waals surface area (Å²) in [4.78, 5) is 2.41. The maximum atomic E-state index is 2.41. The Morgan fingerprint density at radius 1 is 0.185 bits per heavy atom. The molecule has 0 aromatic heterocycles. The number of rotatable bonds is 10. The Kier molecular flexibility index (Phi) is 10.7. The second-order valence-electron chi connectivity index (χ2n) is 16.5. The molecule has 0 fully saturated rings. The van der Waals surface area contributed by atoms with Gasteiger partial charge in [0.2, 0.25) is 0 Å². The van der Waals surface area contributed by atoms with Crippen molar-refractivity contribution in [3.05, 3.63) is 273 Å². The van der Waals surface area contributed by atoms with Crippen LogP contribution >= 0.6 is 0 Å². The van der Waals surface area contributed by atoms with Gasteiger partial charge in [-0.15, -0.1) is 0 Å². The van der Waals surface area contributed by atoms with Gasteiger partial charge in [-0.1, -0.05) is 243 Å². The van der Waals surface area contributed by atoms with E-state index in [4.69, 9.17) is 0 Å². The van der Waals surface area contributed by atoms with Crippen molar-refractivity contribution in [2.45, 2.75) is 0 Å². The van der Waals surface area contributed by atoms with Crippen LogP contribution in [0.2, 0.25) is 0 Å². The molecule has 0 aliphatic heterocycles. The van der Waals surface area contributed by atoms with Crippen LogP contribution < -0.4 is 4.90 Å². The van der Waals surface area contributed by atoms with Gasteiger partial charge in [-0.05, 0) is 113 Å². The minimum absolute atomic E-state index is 1.08. The third-order valence-corrected chi connectivity index (χ3v) is 12.6. The van der Waals surface area contributed by atoms with E-state index in [1.54, 1.807) is 0 Å². The lowest BCUT2D eigenvalue weighted by molar-refractivity contribution is 1.28. The van der Waals surface area contributed by atoms with Crippen molar-refractivity contribution in [3.63, 3.8) is 0 Å². The van der Waals surface area contributed by atoms with Gasteiger partial charge in [0.25, 0.3) is 0 Å². The first-order valence-electron chi connectivity index (χ1n) is 22.3. The van der Waals surface area contributed by atoms with Gasteiger partial charge in [0, 0.05) is 16.9 Å². The van der Waals surface area contributed by atoms with Gasteiger partial charge >= 0.3 is 0 Å². The molecule has 0 atom stereocenters. The lowest BCUT2D eigenvalue weighted by Gasteiger charge is -2.29. The summed E-state index contributed by atoms with van der Waals surface area (Å²) in [5.41, 5.74) is 20.0. The summed E-state index contributed by atoms with van der Waals surface area (Å²) in [5, 5.41) is 2.49. The Hall–Kier alpha value is -8.52. The first kappa shape index (κ1) is 39.3. The van der Waals surface area contributed by atoms with Crippen molar-refractivity contribution in [1.82, 2.24) is 0 Å². The molecule has 1 heteroatoms. The molecule has 0 spiro atoms. The normalized spacial score (nSPS) is 11.1. The Morgan fingerprint density at radius 3 is 1.06 bits per heavy atom. The smallest absolute Gasteiger partial charge is 0.0540 e. The van der Waals surface area contributed by atoms with Crippen LogP contribution in [0.3, 0.4) is 0 Å². The van der Waals surface area contributed by atoms with E-state index in [0.717, 1.165) is 22.6 Å². The summed E-state index contributed by atoms with van der Waals surface area (Å²) in [6.07, 6.45) is 0. The molecule has 0 aliphatic rings. The number of para-hydroxylation sites is 1. The van der Waals surface area contributed by atoms with E-state index in [0.29, 0.717) is 0 Å². The predicted molar refractivity (Wildman–Crippen MR) is 277 cm³/mol. The molecule has 0 heterocycles. The molecule has 0 unspecified atom stereocenters. The Balaban J connectivity index is 1.01. The van der Waals surface area contributed by atoms with Gasteiger partial charge in [0.15, 0.2) is 0 Å². The largest absolute Gasteiger partial charge is 0.310 e. The Labute approximate surface area is 381 Å². The molecule has 0 saturated heterocycles. The second kappa shape index (κ2) is 17.7. The zero-order valence-electron chi connectivity index (χ0n) is 35.9. The van der Waals surface area contributed by atoms with E-state index in [-0.39, 0.29) is 0 Å². The minimum atomic E-state index is 1.08. The van der Waals surface area contributed by atoms with Crippen LogP contribution in [0.25, 0.3) is 88.7 Å². The summed E-state index contributed by atoms with van der Waals surface area (Å²) >= 11 is 0. The molecule has 0 radical (unpaired) electrons. The zero-order valence-corrected chi connectivity index (χ0v) is 35.9. The standard InChI is InChI=1S/C64H45N/c1-3-16-46(17-4-1)48-30-32-50(33-31-48)51-38-42-55(43-39-51)65(56-44-40-54(41-45-56)58-28-15-21-52-20-7-8-22-57(52)58)64-29-14-13-27-63(64)62-26-12-11-25-61(62)60-24-10-9-23-59(60)53-36-34-49(35-37-53)47-18-5-2-6-19-47/h1-45H. The lowest BCUT2D eigenvalue weighted by atomic mass is 9.88. The summed E-state index contributed by atoms with van der Waals surface area (Å²) in [5.74, 6) is 0. The van der Waals surface area contributed by atoms with E-state index in [1.165, 1.54) is 83.1 Å². The third-order valence-electron chi connectivity index (χ3n) is 12.6. The average molecular weight is 828 g/mol. The fourth-order valence-electron chi connectivity index (χ4n) is 9.27. The highest BCUT2D eigenvalue weighted by atomic mass is 15.1. The summed E-state index contributed by atoms with van der Waals surface area (Å²) in [7, 11) is 0. The molecule has 65 heavy (non-hydrogen) atoms. The predicted octanol–water partition coefficient (Wildman–Crippen LogP) is 18.0. The van der Waals surface area contributed by atoms with Crippen molar-refractivity contribution in [3.8, 4) is 77.9 Å². The monoisotopic (exact) mass is 827 g/mol. The second-order valence-corrected chi connectivity index (χ2v) is 16.5. The molecule has 0 N–H and O–H groups in total. The topological polar surface area (TPSA) is 3.24 Å². The van der Waals surface area contributed by atoms with E-state index < -0.39 is 0 Å². The SMILES string of the molecule is c1ccc(-c2ccc(-c3ccc(N(c4ccc(-c5cccc6ccccc56)cc4)c4ccccc4-c4ccccc4-c4ccccc4-c4ccc(-c5ccccc5)cc4)cc3)cc2)cc1. The summed E-state index contributed by atoms with van der Waals surface area (Å²) < 4.78 is 0. The maximum Gasteiger partial charge on any atom is 0.0540 e. The Bertz CT molecular complexity index is 3360. The number of benzene rings is 11. The van der Waals surface area contributed by atoms with Gasteiger partial charge in [0.1, 0.15) is 0 Å². The van der Waals surface area contributed by atoms with Crippen LogP contribution in [0.4, 0.5) is 17.1 Å². The zero-order chi connectivity index (χ0) is 43.4. The van der Waals surface area contributed by atoms with Crippen LogP contribution in [-0.2, 0) is 0 Å². The van der Waals surface area contributed by atoms with E-state index in [2.05, 4.69) is 278 Å². The molecule has 0 bridgehead atoms. The molecule has 0 saturated carbocycles. The summed E-state index contributed by atoms with van der Waals surface area (Å²) in [6.45, 7) is 0. The number of nitrogens with zero attached hydrogens (tertiary/aromatic N) is 1. The molecule has 11 aromatic carbocycles. The number of hydrogen-bond acceptors (Lipinski definition) is 1. The van der Waals surface area contributed by atoms with Crippen molar-refractivity contribution in [1.29, 1.82) is 0 Å². The van der Waals surface area contributed by atoms with Gasteiger partial charge in [-0.2, -0.15) is 0 Å². The molecule has 1 nitrogen and oxygen atoms in total. The first-order chi connectivity index (χ1) is 32.2. The van der Waals surface area contributed by atoms with Gasteiger partial charge in [-0.25, -0.2) is 0 Å². The molecule has 11 rings (SSSR count). The third kappa shape index (κ3) is 7.93. The maximum absolute atomic E-state index is 2.41. The fraction of sp³-hybridized carbons (Fsp3) is 0. The Morgan fingerprint density at radius 2 is 0.508 bits per heavy atom. The quantitative estimate of drug-likeness (QED) is 0.133. The molecule has 306 valence electrons. The van der Waals surface area contributed by atoms with Crippen molar-refractivity contribution < 1.29 is 0 Å². The van der Waals surface area contributed by atoms with E-state index in [9.17, 15) is 0 Å². The molecule has 0 amide bonds. The van der Waals surface area contributed by atoms with Crippen molar-refractivity contribution in [2.24, 2.45) is 0 Å². The highest BCUT2D eigenvalue weighted by Crippen LogP contribution is 2.46. The van der Waals surface area contributed by atoms with Crippen molar-refractivity contribution in [2.75, 3.05) is 4.90 Å². The highest BCUT2D eigenvalue weighted by molar-refractivity contribution is 5.99. The minimum Gasteiger partial charge on any atom is -0.310 e. The van der Waals surface area contributed by atoms with E-state index in [1.807, 2.05) is 0 Å². The van der Waals surface area contributed by atoms with Gasteiger partial charge in [0.05, 0.1) is 5.69 Å². The van der Waals surface area contributed by atoms with Crippen LogP contribution in [0, 0.1) is 0 Å². The van der Waals surface area contributed by atoms with Crippen LogP contribution in [0.15, 0.2) is 273 Å². The fourth-order valence-corrected chi connectivity index (χ4v) is 9.27. The molecule has 11 aromatic rings. The average Bonchev–Trinajstić information content (AvgIpc) is 3.40. The van der Waals surface area contributed by atoms with Crippen LogP contribution in [-0.4, -0.2) is 0 Å². The lowest BCUT2D eigenvalue weighted by Crippen LogP contribution is -2.11. The number of anilines is 3. The first-order valence-corrected chi connectivity index (χ1v) is 22.3. The van der Waals surface area contributed by atoms with E-state index >= 15 is 0 Å². The summed E-state index contributed by atoms with van der Waals surface area (Å²) in [6, 6.07) is 98.8. The number of fused-ring (bicyclic) bond motifs is 1. The molecule has 0 aliphatic carbocycles. The van der Waals surface area contributed by atoms with Gasteiger partial charge in [-0.3, -0.25) is 0 Å². The number of hydrogen-bond donors (Lipinski definition) is 0. The molecular weight excluding hydrogens is 783 g/mol. The molecular formula is C64H45N. The van der Waals surface area contributed by atoms with Crippen LogP contribution in [0.5, 0.6) is 0 Å². The highest BCUT2D eigenvalue weighted by Gasteiger charge is 2.21. The van der Waals surface area contributed by atoms with Crippen molar-refractivity contribution >= 4 is 27.8 Å².